The van der Waals surface area contributed by atoms with E-state index in [1.54, 1.807) is 0 Å². The molecular weight excluding hydrogens is 367 g/mol. The second-order valence-electron chi connectivity index (χ2n) is 5.62. The number of carbonyl (C=O) groups is 1. The summed E-state index contributed by atoms with van der Waals surface area (Å²) in [6.07, 6.45) is -4.33. The summed E-state index contributed by atoms with van der Waals surface area (Å²) < 4.78 is 38.1. The predicted octanol–water partition coefficient (Wildman–Crippen LogP) is 5.37. The lowest BCUT2D eigenvalue weighted by Gasteiger charge is -2.11. The van der Waals surface area contributed by atoms with E-state index in [0.29, 0.717) is 15.8 Å². The van der Waals surface area contributed by atoms with Crippen LogP contribution in [0.15, 0.2) is 48.5 Å². The molecule has 25 heavy (non-hydrogen) atoms. The van der Waals surface area contributed by atoms with Gasteiger partial charge in [-0.15, -0.1) is 23.5 Å². The van der Waals surface area contributed by atoms with E-state index in [4.69, 9.17) is 0 Å². The first-order valence-corrected chi connectivity index (χ1v) is 9.81. The molecule has 0 radical (unpaired) electrons. The number of nitrogens with one attached hydrogen (secondary N) is 1. The molecule has 2 nitrogen and oxygen atoms in total. The van der Waals surface area contributed by atoms with Crippen molar-refractivity contribution in [3.63, 3.8) is 0 Å². The van der Waals surface area contributed by atoms with Crippen molar-refractivity contribution in [3.05, 3.63) is 65.2 Å². The molecule has 1 amide bonds. The van der Waals surface area contributed by atoms with Crippen LogP contribution in [0.3, 0.4) is 0 Å². The minimum Gasteiger partial charge on any atom is -0.326 e. The Labute approximate surface area is 152 Å². The molecule has 1 aliphatic rings. The summed E-state index contributed by atoms with van der Waals surface area (Å²) in [6.45, 7) is 0. The van der Waals surface area contributed by atoms with Crippen LogP contribution in [0.25, 0.3) is 0 Å². The third-order valence-corrected chi connectivity index (χ3v) is 6.81. The summed E-state index contributed by atoms with van der Waals surface area (Å²) in [5, 5.41) is 2.82. The standard InChI is InChI=1S/C18H16F3NOS2/c19-18(20,21)14-6-4-12(5-7-14)10-16(23)22-15-3-1-2-13(11-15)17-24-8-9-25-17/h1-7,11,17H,8-10H2,(H,22,23). The van der Waals surface area contributed by atoms with E-state index in [0.717, 1.165) is 23.6 Å². The summed E-state index contributed by atoms with van der Waals surface area (Å²) in [5.41, 5.74) is 1.71. The van der Waals surface area contributed by atoms with Crippen molar-refractivity contribution in [3.8, 4) is 0 Å². The number of anilines is 1. The van der Waals surface area contributed by atoms with Crippen LogP contribution in [0.4, 0.5) is 18.9 Å². The van der Waals surface area contributed by atoms with Crippen LogP contribution in [-0.2, 0) is 17.4 Å². The highest BCUT2D eigenvalue weighted by atomic mass is 32.2. The lowest BCUT2D eigenvalue weighted by atomic mass is 10.1. The summed E-state index contributed by atoms with van der Waals surface area (Å²) in [7, 11) is 0. The molecule has 0 aliphatic carbocycles. The zero-order chi connectivity index (χ0) is 17.9. The summed E-state index contributed by atoms with van der Waals surface area (Å²) in [4.78, 5) is 12.2. The predicted molar refractivity (Wildman–Crippen MR) is 97.9 cm³/mol. The minimum absolute atomic E-state index is 0.0370. The molecule has 1 saturated heterocycles. The number of amides is 1. The van der Waals surface area contributed by atoms with E-state index in [2.05, 4.69) is 5.32 Å². The molecule has 0 bridgehead atoms. The average molecular weight is 383 g/mol. The van der Waals surface area contributed by atoms with Gasteiger partial charge in [-0.05, 0) is 35.4 Å². The van der Waals surface area contributed by atoms with Gasteiger partial charge >= 0.3 is 6.18 Å². The molecule has 2 aromatic carbocycles. The van der Waals surface area contributed by atoms with Crippen LogP contribution in [0.1, 0.15) is 21.3 Å². The normalized spacial score (nSPS) is 15.3. The van der Waals surface area contributed by atoms with Crippen molar-refractivity contribution >= 4 is 35.1 Å². The number of benzene rings is 2. The fourth-order valence-electron chi connectivity index (χ4n) is 2.52. The van der Waals surface area contributed by atoms with Gasteiger partial charge in [-0.3, -0.25) is 4.79 Å². The molecule has 1 heterocycles. The van der Waals surface area contributed by atoms with Crippen LogP contribution < -0.4 is 5.32 Å². The summed E-state index contributed by atoms with van der Waals surface area (Å²) in [5.74, 6) is 2.00. The molecule has 0 saturated carbocycles. The number of thioether (sulfide) groups is 2. The van der Waals surface area contributed by atoms with Gasteiger partial charge in [-0.25, -0.2) is 0 Å². The number of hydrogen-bond acceptors (Lipinski definition) is 3. The zero-order valence-electron chi connectivity index (χ0n) is 13.2. The van der Waals surface area contributed by atoms with Crippen molar-refractivity contribution in [2.45, 2.75) is 17.2 Å². The molecular formula is C18H16F3NOS2. The van der Waals surface area contributed by atoms with Crippen LogP contribution in [0.2, 0.25) is 0 Å². The van der Waals surface area contributed by atoms with Gasteiger partial charge in [0.2, 0.25) is 5.91 Å². The average Bonchev–Trinajstić information content (AvgIpc) is 3.09. The van der Waals surface area contributed by atoms with Crippen molar-refractivity contribution in [1.82, 2.24) is 0 Å². The van der Waals surface area contributed by atoms with Crippen molar-refractivity contribution in [1.29, 1.82) is 0 Å². The molecule has 132 valence electrons. The van der Waals surface area contributed by atoms with E-state index in [-0.39, 0.29) is 12.3 Å². The van der Waals surface area contributed by atoms with Gasteiger partial charge in [0.25, 0.3) is 0 Å². The van der Waals surface area contributed by atoms with E-state index < -0.39 is 11.7 Å². The van der Waals surface area contributed by atoms with Crippen LogP contribution in [0.5, 0.6) is 0 Å². The first-order valence-electron chi connectivity index (χ1n) is 7.71. The third-order valence-electron chi connectivity index (χ3n) is 3.71. The number of hydrogen-bond donors (Lipinski definition) is 1. The first kappa shape index (κ1) is 18.2. The van der Waals surface area contributed by atoms with Gasteiger partial charge in [-0.1, -0.05) is 24.3 Å². The Morgan fingerprint density at radius 1 is 1.08 bits per heavy atom. The second kappa shape index (κ2) is 7.74. The highest BCUT2D eigenvalue weighted by Crippen LogP contribution is 2.45. The van der Waals surface area contributed by atoms with Gasteiger partial charge in [0.1, 0.15) is 0 Å². The van der Waals surface area contributed by atoms with E-state index >= 15 is 0 Å². The Balaban J connectivity index is 1.61. The SMILES string of the molecule is O=C(Cc1ccc(C(F)(F)F)cc1)Nc1cccc(C2SCCS2)c1. The van der Waals surface area contributed by atoms with Crippen molar-refractivity contribution in [2.24, 2.45) is 0 Å². The molecule has 1 aliphatic heterocycles. The van der Waals surface area contributed by atoms with Gasteiger partial charge < -0.3 is 5.32 Å². The quantitative estimate of drug-likeness (QED) is 0.770. The highest BCUT2D eigenvalue weighted by Gasteiger charge is 2.30. The van der Waals surface area contributed by atoms with E-state index in [9.17, 15) is 18.0 Å². The fourth-order valence-corrected chi connectivity index (χ4v) is 5.35. The maximum atomic E-state index is 12.6. The minimum atomic E-state index is -4.36. The van der Waals surface area contributed by atoms with Gasteiger partial charge in [-0.2, -0.15) is 13.2 Å². The van der Waals surface area contributed by atoms with Crippen LogP contribution in [-0.4, -0.2) is 17.4 Å². The number of rotatable bonds is 4. The zero-order valence-corrected chi connectivity index (χ0v) is 14.8. The van der Waals surface area contributed by atoms with Gasteiger partial charge in [0.15, 0.2) is 0 Å². The maximum Gasteiger partial charge on any atom is 0.416 e. The second-order valence-corrected chi connectivity index (χ2v) is 8.34. The molecule has 1 fully saturated rings. The Bertz CT molecular complexity index is 741. The summed E-state index contributed by atoms with van der Waals surface area (Å²) in [6, 6.07) is 12.4. The van der Waals surface area contributed by atoms with Crippen LogP contribution >= 0.6 is 23.5 Å². The molecule has 1 N–H and O–H groups in total. The van der Waals surface area contributed by atoms with Crippen molar-refractivity contribution < 1.29 is 18.0 Å². The van der Waals surface area contributed by atoms with Gasteiger partial charge in [0.05, 0.1) is 16.6 Å². The van der Waals surface area contributed by atoms with E-state index in [1.165, 1.54) is 17.7 Å². The fraction of sp³-hybridized carbons (Fsp3) is 0.278. The lowest BCUT2D eigenvalue weighted by Crippen LogP contribution is -2.14. The molecule has 0 atom stereocenters. The first-order chi connectivity index (χ1) is 11.9. The topological polar surface area (TPSA) is 29.1 Å². The molecule has 0 unspecified atom stereocenters. The Hall–Kier alpha value is -1.60. The Morgan fingerprint density at radius 3 is 2.40 bits per heavy atom. The molecule has 2 aromatic rings. The van der Waals surface area contributed by atoms with Gasteiger partial charge in [0, 0.05) is 17.2 Å². The largest absolute Gasteiger partial charge is 0.416 e. The Morgan fingerprint density at radius 2 is 1.76 bits per heavy atom. The molecule has 3 rings (SSSR count). The number of halogens is 3. The van der Waals surface area contributed by atoms with Crippen molar-refractivity contribution in [2.75, 3.05) is 16.8 Å². The van der Waals surface area contributed by atoms with Crippen LogP contribution in [0, 0.1) is 0 Å². The maximum absolute atomic E-state index is 12.6. The number of carbonyl (C=O) groups excluding carboxylic acids is 1. The summed E-state index contributed by atoms with van der Waals surface area (Å²) >= 11 is 3.77. The highest BCUT2D eigenvalue weighted by molar-refractivity contribution is 8.19. The lowest BCUT2D eigenvalue weighted by molar-refractivity contribution is -0.137. The molecule has 0 aromatic heterocycles. The number of alkyl halides is 3. The third kappa shape index (κ3) is 4.95. The van der Waals surface area contributed by atoms with E-state index in [1.807, 2.05) is 47.8 Å². The smallest absolute Gasteiger partial charge is 0.326 e. The molecule has 7 heteroatoms. The Kier molecular flexibility index (Phi) is 5.64. The molecule has 0 spiro atoms. The monoisotopic (exact) mass is 383 g/mol.